The van der Waals surface area contributed by atoms with Crippen LogP contribution in [-0.4, -0.2) is 30.6 Å². The molecule has 7 nitrogen and oxygen atoms in total. The van der Waals surface area contributed by atoms with E-state index in [9.17, 15) is 18.0 Å². The number of nitrogens with zero attached hydrogens (tertiary/aromatic N) is 2. The van der Waals surface area contributed by atoms with Crippen LogP contribution in [0, 0.1) is 6.92 Å². The van der Waals surface area contributed by atoms with Gasteiger partial charge in [-0.1, -0.05) is 67.2 Å². The second-order valence-corrected chi connectivity index (χ2v) is 10.8. The van der Waals surface area contributed by atoms with E-state index in [0.717, 1.165) is 29.3 Å². The van der Waals surface area contributed by atoms with Gasteiger partial charge in [0.15, 0.2) is 5.17 Å². The van der Waals surface area contributed by atoms with Gasteiger partial charge in [-0.2, -0.15) is 8.42 Å². The highest BCUT2D eigenvalue weighted by Gasteiger charge is 2.41. The molecule has 3 aromatic rings. The Bertz CT molecular complexity index is 1370. The molecule has 1 saturated heterocycles. The van der Waals surface area contributed by atoms with Gasteiger partial charge in [0.2, 0.25) is 11.8 Å². The zero-order valence-electron chi connectivity index (χ0n) is 19.3. The Balaban J connectivity index is 1.62. The molecule has 1 aliphatic rings. The number of hydrogen-bond donors (Lipinski definition) is 1. The van der Waals surface area contributed by atoms with Crippen molar-refractivity contribution in [2.24, 2.45) is 4.40 Å². The van der Waals surface area contributed by atoms with E-state index in [2.05, 4.69) is 9.71 Å². The molecule has 0 radical (unpaired) electrons. The van der Waals surface area contributed by atoms with E-state index < -0.39 is 21.2 Å². The summed E-state index contributed by atoms with van der Waals surface area (Å²) in [7, 11) is -4.07. The number of carbonyl (C=O) groups excluding carboxylic acids is 2. The summed E-state index contributed by atoms with van der Waals surface area (Å²) < 4.78 is 30.1. The maximum Gasteiger partial charge on any atom is 0.284 e. The third-order valence-corrected chi connectivity index (χ3v) is 8.10. The second-order valence-electron chi connectivity index (χ2n) is 8.03. The van der Waals surface area contributed by atoms with Crippen LogP contribution in [0.3, 0.4) is 0 Å². The first-order valence-electron chi connectivity index (χ1n) is 11.1. The number of para-hydroxylation sites is 2. The predicted molar refractivity (Wildman–Crippen MR) is 140 cm³/mol. The Morgan fingerprint density at radius 1 is 1.00 bits per heavy atom. The fraction of sp³-hybridized carbons (Fsp3) is 0.192. The molecule has 1 N–H and O–H groups in total. The van der Waals surface area contributed by atoms with Gasteiger partial charge < -0.3 is 5.32 Å². The standard InChI is InChI=1S/C26H25N3O4S2/c1-3-19-13-15-21(16-14-19)35(32,33)28-26-29(20-10-5-4-6-11-20)25(31)23(34-26)17-24(30)27-22-12-8-7-9-18(22)2/h4-16,23H,3,17H2,1-2H3,(H,27,30). The number of amides is 2. The molecule has 180 valence electrons. The molecule has 0 aliphatic carbocycles. The van der Waals surface area contributed by atoms with Gasteiger partial charge in [0.05, 0.1) is 10.6 Å². The number of nitrogens with one attached hydrogen (secondary N) is 1. The molecule has 0 aromatic heterocycles. The topological polar surface area (TPSA) is 95.9 Å². The third kappa shape index (κ3) is 5.63. The molecule has 0 bridgehead atoms. The Morgan fingerprint density at radius 3 is 2.31 bits per heavy atom. The molecule has 0 saturated carbocycles. The van der Waals surface area contributed by atoms with Gasteiger partial charge in [-0.05, 0) is 54.8 Å². The van der Waals surface area contributed by atoms with Gasteiger partial charge in [-0.15, -0.1) is 4.40 Å². The van der Waals surface area contributed by atoms with Crippen LogP contribution in [-0.2, 0) is 26.0 Å². The largest absolute Gasteiger partial charge is 0.326 e. The smallest absolute Gasteiger partial charge is 0.284 e. The van der Waals surface area contributed by atoms with Crippen molar-refractivity contribution in [2.75, 3.05) is 10.2 Å². The molecule has 1 atom stereocenters. The van der Waals surface area contributed by atoms with Crippen molar-refractivity contribution in [1.29, 1.82) is 0 Å². The van der Waals surface area contributed by atoms with Crippen LogP contribution < -0.4 is 10.2 Å². The summed E-state index contributed by atoms with van der Waals surface area (Å²) in [5.41, 5.74) is 3.06. The lowest BCUT2D eigenvalue weighted by atomic mass is 10.2. The van der Waals surface area contributed by atoms with E-state index in [1.807, 2.05) is 32.0 Å². The van der Waals surface area contributed by atoms with Crippen molar-refractivity contribution in [1.82, 2.24) is 0 Å². The monoisotopic (exact) mass is 507 g/mol. The van der Waals surface area contributed by atoms with Crippen molar-refractivity contribution in [3.05, 3.63) is 90.0 Å². The maximum atomic E-state index is 13.3. The Morgan fingerprint density at radius 2 is 1.66 bits per heavy atom. The minimum Gasteiger partial charge on any atom is -0.326 e. The molecule has 4 rings (SSSR count). The summed E-state index contributed by atoms with van der Waals surface area (Å²) in [6.45, 7) is 3.86. The average molecular weight is 508 g/mol. The highest BCUT2D eigenvalue weighted by molar-refractivity contribution is 8.16. The molecule has 9 heteroatoms. The van der Waals surface area contributed by atoms with E-state index in [1.54, 1.807) is 48.5 Å². The number of thioether (sulfide) groups is 1. The summed E-state index contributed by atoms with van der Waals surface area (Å²) in [6.07, 6.45) is 0.665. The fourth-order valence-electron chi connectivity index (χ4n) is 3.61. The van der Waals surface area contributed by atoms with Crippen LogP contribution in [0.4, 0.5) is 11.4 Å². The quantitative estimate of drug-likeness (QED) is 0.497. The predicted octanol–water partition coefficient (Wildman–Crippen LogP) is 4.78. The van der Waals surface area contributed by atoms with Crippen molar-refractivity contribution >= 4 is 50.1 Å². The lowest BCUT2D eigenvalue weighted by Gasteiger charge is -2.16. The zero-order chi connectivity index (χ0) is 25.0. The molecule has 0 spiro atoms. The number of rotatable bonds is 7. The molecule has 1 aliphatic heterocycles. The number of benzene rings is 3. The molecule has 3 aromatic carbocycles. The fourth-order valence-corrected chi connectivity index (χ4v) is 5.95. The van der Waals surface area contributed by atoms with E-state index in [4.69, 9.17) is 0 Å². The second kappa shape index (κ2) is 10.5. The number of amidine groups is 1. The van der Waals surface area contributed by atoms with Crippen molar-refractivity contribution in [3.63, 3.8) is 0 Å². The Labute approximate surface area is 209 Å². The summed E-state index contributed by atoms with van der Waals surface area (Å²) in [5.74, 6) is -0.728. The molecule has 35 heavy (non-hydrogen) atoms. The van der Waals surface area contributed by atoms with Crippen LogP contribution in [0.1, 0.15) is 24.5 Å². The Kier molecular flexibility index (Phi) is 7.37. The van der Waals surface area contributed by atoms with E-state index >= 15 is 0 Å². The maximum absolute atomic E-state index is 13.3. The summed E-state index contributed by atoms with van der Waals surface area (Å²) in [4.78, 5) is 27.4. The molecule has 1 unspecified atom stereocenters. The number of hydrogen-bond acceptors (Lipinski definition) is 5. The van der Waals surface area contributed by atoms with Crippen molar-refractivity contribution in [3.8, 4) is 0 Å². The van der Waals surface area contributed by atoms with E-state index in [0.29, 0.717) is 11.4 Å². The first kappa shape index (κ1) is 24.7. The number of aryl methyl sites for hydroxylation is 2. The molecule has 2 amide bonds. The first-order chi connectivity index (χ1) is 16.8. The summed E-state index contributed by atoms with van der Waals surface area (Å²) in [6, 6.07) is 22.6. The van der Waals surface area contributed by atoms with Gasteiger partial charge >= 0.3 is 0 Å². The van der Waals surface area contributed by atoms with Gasteiger partial charge in [0.1, 0.15) is 5.25 Å². The SMILES string of the molecule is CCc1ccc(S(=O)(=O)N=C2SC(CC(=O)Nc3ccccc3C)C(=O)N2c2ccccc2)cc1. The van der Waals surface area contributed by atoms with Gasteiger partial charge in [-0.3, -0.25) is 14.5 Å². The normalized spacial score (nSPS) is 17.1. The van der Waals surface area contributed by atoms with Crippen LogP contribution in [0.5, 0.6) is 0 Å². The van der Waals surface area contributed by atoms with Crippen LogP contribution >= 0.6 is 11.8 Å². The number of anilines is 2. The zero-order valence-corrected chi connectivity index (χ0v) is 21.0. The average Bonchev–Trinajstić information content (AvgIpc) is 3.14. The van der Waals surface area contributed by atoms with E-state index in [1.165, 1.54) is 17.0 Å². The minimum atomic E-state index is -4.07. The van der Waals surface area contributed by atoms with Gasteiger partial charge in [0, 0.05) is 12.1 Å². The highest BCUT2D eigenvalue weighted by Crippen LogP contribution is 2.35. The molecule has 1 fully saturated rings. The van der Waals surface area contributed by atoms with Crippen molar-refractivity contribution in [2.45, 2.75) is 36.8 Å². The van der Waals surface area contributed by atoms with Gasteiger partial charge in [0.25, 0.3) is 10.0 Å². The number of sulfonamides is 1. The lowest BCUT2D eigenvalue weighted by molar-refractivity contribution is -0.121. The first-order valence-corrected chi connectivity index (χ1v) is 13.5. The Hall–Kier alpha value is -3.43. The highest BCUT2D eigenvalue weighted by atomic mass is 32.2. The summed E-state index contributed by atoms with van der Waals surface area (Å²) >= 11 is 0.980. The minimum absolute atomic E-state index is 0.0226. The van der Waals surface area contributed by atoms with E-state index in [-0.39, 0.29) is 22.4 Å². The van der Waals surface area contributed by atoms with Crippen LogP contribution in [0.25, 0.3) is 0 Å². The van der Waals surface area contributed by atoms with Gasteiger partial charge in [-0.25, -0.2) is 0 Å². The molecule has 1 heterocycles. The molecular weight excluding hydrogens is 482 g/mol. The number of carbonyl (C=O) groups is 2. The third-order valence-electron chi connectivity index (χ3n) is 5.57. The van der Waals surface area contributed by atoms with Crippen LogP contribution in [0.2, 0.25) is 0 Å². The lowest BCUT2D eigenvalue weighted by Crippen LogP contribution is -2.33. The molecular formula is C26H25N3O4S2. The van der Waals surface area contributed by atoms with Crippen LogP contribution in [0.15, 0.2) is 88.2 Å². The summed E-state index contributed by atoms with van der Waals surface area (Å²) in [5, 5.41) is 2.04. The van der Waals surface area contributed by atoms with Crippen molar-refractivity contribution < 1.29 is 18.0 Å².